The smallest absolute Gasteiger partial charge is 0.255 e. The van der Waals surface area contributed by atoms with Gasteiger partial charge in [-0.25, -0.2) is 8.42 Å². The second-order valence-electron chi connectivity index (χ2n) is 4.26. The number of carbonyl (C=O) groups is 1. The van der Waals surface area contributed by atoms with Crippen molar-refractivity contribution in [3.63, 3.8) is 0 Å². The largest absolute Gasteiger partial charge is 0.322 e. The lowest BCUT2D eigenvalue weighted by molar-refractivity contribution is 0.102. The predicted octanol–water partition coefficient (Wildman–Crippen LogP) is 2.95. The number of rotatable bonds is 3. The van der Waals surface area contributed by atoms with Gasteiger partial charge in [-0.1, -0.05) is 6.07 Å². The van der Waals surface area contributed by atoms with E-state index in [1.165, 1.54) is 12.1 Å². The average Bonchev–Trinajstić information content (AvgIpc) is 2.38. The molecule has 0 spiro atoms. The minimum Gasteiger partial charge on any atom is -0.322 e. The Kier molecular flexibility index (Phi) is 4.44. The fourth-order valence-corrected chi connectivity index (χ4v) is 2.64. The molecule has 0 aromatic heterocycles. The van der Waals surface area contributed by atoms with Crippen LogP contribution in [0.3, 0.4) is 0 Å². The maximum absolute atomic E-state index is 12.0. The number of benzene rings is 2. The zero-order valence-electron chi connectivity index (χ0n) is 10.6. The molecule has 0 aliphatic heterocycles. The Bertz CT molecular complexity index is 739. The lowest BCUT2D eigenvalue weighted by Crippen LogP contribution is -2.12. The van der Waals surface area contributed by atoms with Crippen LogP contribution in [-0.4, -0.2) is 20.6 Å². The molecular weight excluding hydrogens is 389 g/mol. The highest BCUT2D eigenvalue weighted by Gasteiger charge is 2.10. The van der Waals surface area contributed by atoms with E-state index in [0.717, 1.165) is 9.83 Å². The van der Waals surface area contributed by atoms with Crippen LogP contribution in [0.2, 0.25) is 0 Å². The normalized spacial score (nSPS) is 11.1. The molecule has 0 radical (unpaired) electrons. The fraction of sp³-hybridized carbons (Fsp3) is 0.0714. The van der Waals surface area contributed by atoms with E-state index in [-0.39, 0.29) is 10.8 Å². The molecular formula is C14H12INO3S. The Labute approximate surface area is 131 Å². The lowest BCUT2D eigenvalue weighted by atomic mass is 10.2. The van der Waals surface area contributed by atoms with Crippen LogP contribution in [0.5, 0.6) is 0 Å². The molecule has 0 atom stereocenters. The number of carbonyl (C=O) groups excluding carboxylic acids is 1. The predicted molar refractivity (Wildman–Crippen MR) is 86.7 cm³/mol. The van der Waals surface area contributed by atoms with Crippen molar-refractivity contribution in [2.45, 2.75) is 4.90 Å². The van der Waals surface area contributed by atoms with Gasteiger partial charge < -0.3 is 5.32 Å². The Balaban J connectivity index is 2.22. The lowest BCUT2D eigenvalue weighted by Gasteiger charge is -2.07. The molecule has 20 heavy (non-hydrogen) atoms. The zero-order chi connectivity index (χ0) is 14.8. The van der Waals surface area contributed by atoms with Crippen molar-refractivity contribution in [1.82, 2.24) is 0 Å². The van der Waals surface area contributed by atoms with E-state index in [0.29, 0.717) is 11.3 Å². The summed E-state index contributed by atoms with van der Waals surface area (Å²) in [7, 11) is -3.28. The summed E-state index contributed by atoms with van der Waals surface area (Å²) in [5.41, 5.74) is 0.978. The van der Waals surface area contributed by atoms with E-state index in [4.69, 9.17) is 0 Å². The number of hydrogen-bond donors (Lipinski definition) is 1. The van der Waals surface area contributed by atoms with Crippen molar-refractivity contribution in [3.05, 3.63) is 57.7 Å². The number of nitrogens with one attached hydrogen (secondary N) is 1. The van der Waals surface area contributed by atoms with Gasteiger partial charge in [0, 0.05) is 21.1 Å². The summed E-state index contributed by atoms with van der Waals surface area (Å²) in [6.07, 6.45) is 1.13. The minimum atomic E-state index is -3.28. The highest BCUT2D eigenvalue weighted by Crippen LogP contribution is 2.16. The molecule has 0 unspecified atom stereocenters. The van der Waals surface area contributed by atoms with Gasteiger partial charge in [0.15, 0.2) is 9.84 Å². The van der Waals surface area contributed by atoms with Gasteiger partial charge in [-0.15, -0.1) is 0 Å². The highest BCUT2D eigenvalue weighted by atomic mass is 127. The van der Waals surface area contributed by atoms with Crippen molar-refractivity contribution in [1.29, 1.82) is 0 Å². The molecule has 0 aliphatic rings. The molecule has 0 saturated carbocycles. The third-order valence-electron chi connectivity index (χ3n) is 2.63. The molecule has 1 N–H and O–H groups in total. The van der Waals surface area contributed by atoms with E-state index in [1.807, 2.05) is 12.1 Å². The Hall–Kier alpha value is -1.41. The second kappa shape index (κ2) is 5.92. The minimum absolute atomic E-state index is 0.179. The molecule has 2 rings (SSSR count). The summed E-state index contributed by atoms with van der Waals surface area (Å²) in [5.74, 6) is -0.271. The van der Waals surface area contributed by atoms with Crippen LogP contribution in [0, 0.1) is 3.57 Å². The maximum Gasteiger partial charge on any atom is 0.255 e. The fourth-order valence-electron chi connectivity index (χ4n) is 1.61. The molecule has 0 bridgehead atoms. The Morgan fingerprint density at radius 3 is 2.35 bits per heavy atom. The molecule has 6 heteroatoms. The van der Waals surface area contributed by atoms with Gasteiger partial charge in [-0.3, -0.25) is 4.79 Å². The monoisotopic (exact) mass is 401 g/mol. The van der Waals surface area contributed by atoms with Gasteiger partial charge in [0.2, 0.25) is 0 Å². The van der Waals surface area contributed by atoms with Crippen LogP contribution >= 0.6 is 22.6 Å². The number of halogens is 1. The highest BCUT2D eigenvalue weighted by molar-refractivity contribution is 14.1. The molecule has 104 valence electrons. The quantitative estimate of drug-likeness (QED) is 0.805. The molecule has 1 amide bonds. The van der Waals surface area contributed by atoms with Gasteiger partial charge in [-0.05, 0) is 65.1 Å². The van der Waals surface area contributed by atoms with Gasteiger partial charge >= 0.3 is 0 Å². The first-order valence-corrected chi connectivity index (χ1v) is 8.70. The van der Waals surface area contributed by atoms with Gasteiger partial charge in [-0.2, -0.15) is 0 Å². The average molecular weight is 401 g/mol. The molecule has 4 nitrogen and oxygen atoms in total. The summed E-state index contributed by atoms with van der Waals surface area (Å²) in [6.45, 7) is 0. The SMILES string of the molecule is CS(=O)(=O)c1cccc(NC(=O)c2ccc(I)cc2)c1. The Morgan fingerprint density at radius 2 is 1.75 bits per heavy atom. The van der Waals surface area contributed by atoms with Crippen molar-refractivity contribution < 1.29 is 13.2 Å². The summed E-state index contributed by atoms with van der Waals surface area (Å²) >= 11 is 2.16. The topological polar surface area (TPSA) is 63.2 Å². The molecule has 0 fully saturated rings. The number of anilines is 1. The third kappa shape index (κ3) is 3.80. The molecule has 0 saturated heterocycles. The molecule has 0 heterocycles. The number of amides is 1. The van der Waals surface area contributed by atoms with E-state index >= 15 is 0 Å². The van der Waals surface area contributed by atoms with Crippen LogP contribution in [0.4, 0.5) is 5.69 Å². The van der Waals surface area contributed by atoms with E-state index in [1.54, 1.807) is 24.3 Å². The standard InChI is InChI=1S/C14H12INO3S/c1-20(18,19)13-4-2-3-12(9-13)16-14(17)10-5-7-11(15)8-6-10/h2-9H,1H3,(H,16,17). The number of hydrogen-bond acceptors (Lipinski definition) is 3. The first kappa shape index (κ1) is 15.0. The van der Waals surface area contributed by atoms with Crippen LogP contribution in [0.15, 0.2) is 53.4 Å². The van der Waals surface area contributed by atoms with Crippen LogP contribution in [-0.2, 0) is 9.84 Å². The van der Waals surface area contributed by atoms with Crippen molar-refractivity contribution in [3.8, 4) is 0 Å². The molecule has 0 aliphatic carbocycles. The second-order valence-corrected chi connectivity index (χ2v) is 7.52. The van der Waals surface area contributed by atoms with Gasteiger partial charge in [0.1, 0.15) is 0 Å². The van der Waals surface area contributed by atoms with E-state index < -0.39 is 9.84 Å². The van der Waals surface area contributed by atoms with Crippen molar-refractivity contribution in [2.75, 3.05) is 11.6 Å². The summed E-state index contributed by atoms with van der Waals surface area (Å²) in [4.78, 5) is 12.2. The summed E-state index contributed by atoms with van der Waals surface area (Å²) < 4.78 is 24.0. The van der Waals surface area contributed by atoms with Crippen LogP contribution in [0.1, 0.15) is 10.4 Å². The summed E-state index contributed by atoms with van der Waals surface area (Å²) in [5, 5.41) is 2.68. The van der Waals surface area contributed by atoms with E-state index in [2.05, 4.69) is 27.9 Å². The van der Waals surface area contributed by atoms with Gasteiger partial charge in [0.25, 0.3) is 5.91 Å². The maximum atomic E-state index is 12.0. The first-order chi connectivity index (χ1) is 9.36. The third-order valence-corrected chi connectivity index (χ3v) is 4.46. The van der Waals surface area contributed by atoms with Crippen molar-refractivity contribution >= 4 is 44.0 Å². The summed E-state index contributed by atoms with van der Waals surface area (Å²) in [6, 6.07) is 13.3. The number of sulfone groups is 1. The molecule has 2 aromatic carbocycles. The van der Waals surface area contributed by atoms with E-state index in [9.17, 15) is 13.2 Å². The van der Waals surface area contributed by atoms with Crippen molar-refractivity contribution in [2.24, 2.45) is 0 Å². The first-order valence-electron chi connectivity index (χ1n) is 5.73. The van der Waals surface area contributed by atoms with Crippen LogP contribution < -0.4 is 5.32 Å². The van der Waals surface area contributed by atoms with Gasteiger partial charge in [0.05, 0.1) is 4.90 Å². The Morgan fingerprint density at radius 1 is 1.10 bits per heavy atom. The molecule has 2 aromatic rings. The zero-order valence-corrected chi connectivity index (χ0v) is 13.6. The van der Waals surface area contributed by atoms with Crippen LogP contribution in [0.25, 0.3) is 0 Å².